The average Bonchev–Trinajstić information content (AvgIpc) is 3.12. The van der Waals surface area contributed by atoms with E-state index in [-0.39, 0.29) is 17.6 Å². The molecule has 1 aliphatic carbocycles. The van der Waals surface area contributed by atoms with Crippen LogP contribution in [-0.4, -0.2) is 81.3 Å². The van der Waals surface area contributed by atoms with Gasteiger partial charge in [-0.05, 0) is 60.7 Å². The number of hydrogen-bond donors (Lipinski definition) is 1. The predicted octanol–water partition coefficient (Wildman–Crippen LogP) is 3.13. The van der Waals surface area contributed by atoms with Crippen molar-refractivity contribution in [2.75, 3.05) is 54.6 Å². The van der Waals surface area contributed by atoms with Crippen molar-refractivity contribution in [1.82, 2.24) is 9.80 Å². The summed E-state index contributed by atoms with van der Waals surface area (Å²) in [5.74, 6) is 1.58. The monoisotopic (exact) mass is 496 g/mol. The zero-order valence-electron chi connectivity index (χ0n) is 21.1. The fourth-order valence-electron chi connectivity index (χ4n) is 4.74. The summed E-state index contributed by atoms with van der Waals surface area (Å²) in [6, 6.07) is 6.77. The van der Waals surface area contributed by atoms with Gasteiger partial charge in [0.15, 0.2) is 23.0 Å². The molecule has 192 valence electrons. The Morgan fingerprint density at radius 2 is 1.33 bits per heavy atom. The van der Waals surface area contributed by atoms with Crippen molar-refractivity contribution in [2.24, 2.45) is 0 Å². The van der Waals surface area contributed by atoms with E-state index in [2.05, 4.69) is 0 Å². The average molecular weight is 497 g/mol. The van der Waals surface area contributed by atoms with Crippen LogP contribution in [0.3, 0.4) is 0 Å². The molecule has 0 unspecified atom stereocenters. The molecule has 9 nitrogen and oxygen atoms in total. The first kappa shape index (κ1) is 25.2. The summed E-state index contributed by atoms with van der Waals surface area (Å²) in [5, 5.41) is 10.1. The van der Waals surface area contributed by atoms with E-state index < -0.39 is 0 Å². The minimum absolute atomic E-state index is 0.0187. The second-order valence-corrected chi connectivity index (χ2v) is 8.74. The number of hydrogen-bond acceptors (Lipinski definition) is 7. The Balaban J connectivity index is 1.46. The van der Waals surface area contributed by atoms with E-state index in [1.165, 1.54) is 28.4 Å². The standard InChI is InChI=1S/C27H32N2O7/c1-33-22-14-19-12-18(7-5-6-17(19)13-21(22)30)26(31)28-8-10-29(11-9-28)27(32)20-15-23(34-2)25(36-4)24(16-20)35-3/h12-16,30H,5-11H2,1-4H3. The smallest absolute Gasteiger partial charge is 0.254 e. The van der Waals surface area contributed by atoms with E-state index in [0.717, 1.165) is 29.5 Å². The Kier molecular flexibility index (Phi) is 7.57. The van der Waals surface area contributed by atoms with Crippen LogP contribution in [0.15, 0.2) is 29.8 Å². The molecule has 0 saturated carbocycles. The number of amides is 2. The fraction of sp³-hybridized carbons (Fsp3) is 0.407. The number of methoxy groups -OCH3 is 4. The van der Waals surface area contributed by atoms with E-state index in [0.29, 0.717) is 61.2 Å². The molecule has 2 aliphatic rings. The third-order valence-electron chi connectivity index (χ3n) is 6.70. The van der Waals surface area contributed by atoms with E-state index in [1.54, 1.807) is 34.1 Å². The lowest BCUT2D eigenvalue weighted by Crippen LogP contribution is -2.50. The number of ether oxygens (including phenoxy) is 4. The van der Waals surface area contributed by atoms with E-state index in [4.69, 9.17) is 18.9 Å². The highest BCUT2D eigenvalue weighted by atomic mass is 16.5. The Morgan fingerprint density at radius 1 is 0.750 bits per heavy atom. The number of rotatable bonds is 6. The molecule has 0 radical (unpaired) electrons. The summed E-state index contributed by atoms with van der Waals surface area (Å²) in [4.78, 5) is 30.1. The summed E-state index contributed by atoms with van der Waals surface area (Å²) in [6.45, 7) is 1.73. The van der Waals surface area contributed by atoms with Gasteiger partial charge in [0.05, 0.1) is 28.4 Å². The molecule has 2 amide bonds. The third-order valence-corrected chi connectivity index (χ3v) is 6.70. The van der Waals surface area contributed by atoms with Crippen molar-refractivity contribution in [3.63, 3.8) is 0 Å². The molecule has 0 aromatic heterocycles. The summed E-state index contributed by atoms with van der Waals surface area (Å²) < 4.78 is 21.3. The lowest BCUT2D eigenvalue weighted by molar-refractivity contribution is -0.128. The molecule has 0 atom stereocenters. The SMILES string of the molecule is COc1cc2c(cc1O)CCCC(C(=O)N1CCN(C(=O)c3cc(OC)c(OC)c(OC)c3)CC1)=C2. The van der Waals surface area contributed by atoms with Gasteiger partial charge < -0.3 is 33.9 Å². The molecule has 1 heterocycles. The molecule has 36 heavy (non-hydrogen) atoms. The Labute approximate surface area is 210 Å². The van der Waals surface area contributed by atoms with Crippen molar-refractivity contribution < 1.29 is 33.6 Å². The molecule has 9 heteroatoms. The molecule has 1 saturated heterocycles. The van der Waals surface area contributed by atoms with E-state index in [9.17, 15) is 14.7 Å². The van der Waals surface area contributed by atoms with Crippen LogP contribution >= 0.6 is 0 Å². The summed E-state index contributed by atoms with van der Waals surface area (Å²) >= 11 is 0. The molecule has 0 bridgehead atoms. The fourth-order valence-corrected chi connectivity index (χ4v) is 4.74. The Hall–Kier alpha value is -3.88. The van der Waals surface area contributed by atoms with E-state index >= 15 is 0 Å². The largest absolute Gasteiger partial charge is 0.504 e. The van der Waals surface area contributed by atoms with Gasteiger partial charge in [0, 0.05) is 37.3 Å². The minimum Gasteiger partial charge on any atom is -0.504 e. The van der Waals surface area contributed by atoms with Crippen LogP contribution in [0, 0.1) is 0 Å². The topological polar surface area (TPSA) is 97.8 Å². The minimum atomic E-state index is -0.157. The molecule has 2 aromatic rings. The van der Waals surface area contributed by atoms with Crippen LogP contribution in [0.1, 0.15) is 34.3 Å². The zero-order valence-corrected chi connectivity index (χ0v) is 21.1. The molecular weight excluding hydrogens is 464 g/mol. The lowest BCUT2D eigenvalue weighted by atomic mass is 10.0. The van der Waals surface area contributed by atoms with Gasteiger partial charge in [0.2, 0.25) is 11.7 Å². The van der Waals surface area contributed by atoms with Crippen LogP contribution in [0.25, 0.3) is 6.08 Å². The van der Waals surface area contributed by atoms with Gasteiger partial charge in [-0.1, -0.05) is 0 Å². The summed E-state index contributed by atoms with van der Waals surface area (Å²) in [6.07, 6.45) is 4.15. The second kappa shape index (κ2) is 10.8. The highest BCUT2D eigenvalue weighted by Crippen LogP contribution is 2.38. The number of benzene rings is 2. The molecule has 1 fully saturated rings. The van der Waals surface area contributed by atoms with Gasteiger partial charge in [0.25, 0.3) is 5.91 Å². The highest BCUT2D eigenvalue weighted by molar-refractivity contribution is 5.99. The van der Waals surface area contributed by atoms with Crippen LogP contribution in [0.4, 0.5) is 0 Å². The molecular formula is C27H32N2O7. The van der Waals surface area contributed by atoms with Gasteiger partial charge in [-0.3, -0.25) is 9.59 Å². The van der Waals surface area contributed by atoms with Crippen molar-refractivity contribution in [1.29, 1.82) is 0 Å². The van der Waals surface area contributed by atoms with Gasteiger partial charge in [-0.2, -0.15) is 0 Å². The van der Waals surface area contributed by atoms with Crippen LogP contribution < -0.4 is 18.9 Å². The molecule has 1 aliphatic heterocycles. The Bertz CT molecular complexity index is 1160. The van der Waals surface area contributed by atoms with Crippen molar-refractivity contribution >= 4 is 17.9 Å². The number of phenolic OH excluding ortho intramolecular Hbond substituents is 1. The van der Waals surface area contributed by atoms with Crippen LogP contribution in [0.2, 0.25) is 0 Å². The van der Waals surface area contributed by atoms with Gasteiger partial charge in [-0.25, -0.2) is 0 Å². The summed E-state index contributed by atoms with van der Waals surface area (Å²) in [5.41, 5.74) is 3.05. The van der Waals surface area contributed by atoms with Crippen molar-refractivity contribution in [2.45, 2.75) is 19.3 Å². The van der Waals surface area contributed by atoms with Crippen LogP contribution in [-0.2, 0) is 11.2 Å². The van der Waals surface area contributed by atoms with Crippen molar-refractivity contribution in [3.8, 4) is 28.7 Å². The maximum Gasteiger partial charge on any atom is 0.254 e. The second-order valence-electron chi connectivity index (χ2n) is 8.74. The molecule has 2 aromatic carbocycles. The third kappa shape index (κ3) is 4.91. The lowest BCUT2D eigenvalue weighted by Gasteiger charge is -2.35. The quantitative estimate of drug-likeness (QED) is 0.656. The predicted molar refractivity (Wildman–Crippen MR) is 134 cm³/mol. The number of piperazine rings is 1. The maximum absolute atomic E-state index is 13.3. The number of aromatic hydroxyl groups is 1. The van der Waals surface area contributed by atoms with Gasteiger partial charge >= 0.3 is 0 Å². The normalized spacial score (nSPS) is 15.4. The number of carbonyl (C=O) groups is 2. The molecule has 4 rings (SSSR count). The van der Waals surface area contributed by atoms with Gasteiger partial charge in [-0.15, -0.1) is 0 Å². The number of aryl methyl sites for hydroxylation is 1. The van der Waals surface area contributed by atoms with Crippen LogP contribution in [0.5, 0.6) is 28.7 Å². The zero-order chi connectivity index (χ0) is 25.8. The first-order valence-corrected chi connectivity index (χ1v) is 11.9. The van der Waals surface area contributed by atoms with E-state index in [1.807, 2.05) is 6.08 Å². The number of fused-ring (bicyclic) bond motifs is 1. The highest BCUT2D eigenvalue weighted by Gasteiger charge is 2.28. The summed E-state index contributed by atoms with van der Waals surface area (Å²) in [7, 11) is 6.04. The first-order chi connectivity index (χ1) is 17.4. The van der Waals surface area contributed by atoms with Crippen molar-refractivity contribution in [3.05, 3.63) is 46.5 Å². The molecule has 0 spiro atoms. The maximum atomic E-state index is 13.3. The number of carbonyl (C=O) groups excluding carboxylic acids is 2. The Morgan fingerprint density at radius 3 is 1.89 bits per heavy atom. The number of phenols is 1. The number of nitrogens with zero attached hydrogens (tertiary/aromatic N) is 2. The first-order valence-electron chi connectivity index (χ1n) is 11.9. The van der Waals surface area contributed by atoms with Gasteiger partial charge in [0.1, 0.15) is 0 Å². The molecule has 1 N–H and O–H groups in total.